The number of aliphatic carboxylic acids is 2. The zero-order valence-electron chi connectivity index (χ0n) is 18.5. The summed E-state index contributed by atoms with van der Waals surface area (Å²) in [5, 5.41) is 60.3. The van der Waals surface area contributed by atoms with Gasteiger partial charge in [0.1, 0.15) is 24.4 Å². The molecule has 0 radical (unpaired) electrons. The Hall–Kier alpha value is -3.13. The number of carboxylic acid groups (broad SMARTS) is 2. The van der Waals surface area contributed by atoms with E-state index in [0.29, 0.717) is 5.56 Å². The fraction of sp³-hybridized carbons (Fsp3) is 0.435. The average Bonchev–Trinajstić information content (AvgIpc) is 2.82. The minimum Gasteiger partial charge on any atom is -0.545 e. The van der Waals surface area contributed by atoms with E-state index in [1.54, 1.807) is 36.7 Å². The third-order valence-corrected chi connectivity index (χ3v) is 5.74. The lowest BCUT2D eigenvalue weighted by atomic mass is 9.83. The fourth-order valence-electron chi connectivity index (χ4n) is 3.91. The van der Waals surface area contributed by atoms with Gasteiger partial charge in [-0.15, -0.1) is 6.58 Å². The van der Waals surface area contributed by atoms with Crippen molar-refractivity contribution in [2.75, 3.05) is 6.61 Å². The van der Waals surface area contributed by atoms with E-state index in [1.165, 1.54) is 10.6 Å². The third-order valence-electron chi connectivity index (χ3n) is 5.74. The van der Waals surface area contributed by atoms with Crippen molar-refractivity contribution in [3.05, 3.63) is 60.7 Å². The Kier molecular flexibility index (Phi) is 8.72. The van der Waals surface area contributed by atoms with Gasteiger partial charge in [0.25, 0.3) is 0 Å². The van der Waals surface area contributed by atoms with Crippen LogP contribution in [0.4, 0.5) is 0 Å². The summed E-state index contributed by atoms with van der Waals surface area (Å²) in [5.41, 5.74) is 0.376. The Morgan fingerprint density at radius 3 is 2.57 bits per heavy atom. The molecule has 0 amide bonds. The van der Waals surface area contributed by atoms with Crippen molar-refractivity contribution in [3.8, 4) is 0 Å². The van der Waals surface area contributed by atoms with Crippen molar-refractivity contribution < 1.29 is 59.0 Å². The van der Waals surface area contributed by atoms with Crippen LogP contribution in [-0.2, 0) is 30.3 Å². The first-order valence-electron chi connectivity index (χ1n) is 10.7. The summed E-state index contributed by atoms with van der Waals surface area (Å²) in [4.78, 5) is 22.7. The zero-order chi connectivity index (χ0) is 25.7. The Morgan fingerprint density at radius 2 is 1.94 bits per heavy atom. The van der Waals surface area contributed by atoms with Gasteiger partial charge in [-0.2, -0.15) is 4.57 Å². The van der Waals surface area contributed by atoms with Crippen molar-refractivity contribution in [3.63, 3.8) is 0 Å². The van der Waals surface area contributed by atoms with Gasteiger partial charge in [-0.1, -0.05) is 18.2 Å². The fourth-order valence-corrected chi connectivity index (χ4v) is 3.91. The maximum absolute atomic E-state index is 11.7. The number of hydrogen-bond acceptors (Lipinski definition) is 10. The van der Waals surface area contributed by atoms with Crippen LogP contribution >= 0.6 is 0 Å². The summed E-state index contributed by atoms with van der Waals surface area (Å²) in [6.07, 6.45) is -0.271. The van der Waals surface area contributed by atoms with Crippen molar-refractivity contribution in [2.24, 2.45) is 11.8 Å². The number of allylic oxidation sites excluding steroid dienone is 1. The van der Waals surface area contributed by atoms with Crippen molar-refractivity contribution >= 4 is 18.0 Å². The molecule has 8 unspecified atom stereocenters. The zero-order valence-corrected chi connectivity index (χ0v) is 18.5. The van der Waals surface area contributed by atoms with Gasteiger partial charge < -0.3 is 49.6 Å². The predicted molar refractivity (Wildman–Crippen MR) is 113 cm³/mol. The van der Waals surface area contributed by atoms with Crippen molar-refractivity contribution in [2.45, 2.75) is 43.5 Å². The van der Waals surface area contributed by atoms with Gasteiger partial charge in [-0.05, 0) is 6.07 Å². The van der Waals surface area contributed by atoms with Crippen molar-refractivity contribution in [1.29, 1.82) is 0 Å². The SMILES string of the molecule is C=CC1C(OC2OC(CO)C(O)C(O)C2O)OC=C(C(=O)[O-])C1C=Cc1ccc[n+](CC(=O)O)c1. The maximum atomic E-state index is 11.7. The number of aromatic nitrogens is 1. The molecule has 1 aromatic heterocycles. The first-order chi connectivity index (χ1) is 16.7. The molecule has 0 aromatic carbocycles. The minimum atomic E-state index is -1.68. The highest BCUT2D eigenvalue weighted by atomic mass is 16.8. The highest BCUT2D eigenvalue weighted by Gasteiger charge is 2.46. The van der Waals surface area contributed by atoms with Crippen LogP contribution in [-0.4, -0.2) is 81.1 Å². The Bertz CT molecular complexity index is 991. The van der Waals surface area contributed by atoms with Crippen LogP contribution in [0.2, 0.25) is 0 Å². The number of carboxylic acids is 2. The molecule has 190 valence electrons. The predicted octanol–water partition coefficient (Wildman–Crippen LogP) is -2.70. The molecule has 2 aliphatic heterocycles. The Labute approximate surface area is 200 Å². The van der Waals surface area contributed by atoms with Gasteiger partial charge in [0.05, 0.1) is 18.8 Å². The van der Waals surface area contributed by atoms with E-state index >= 15 is 0 Å². The monoisotopic (exact) mass is 493 g/mol. The lowest BCUT2D eigenvalue weighted by Crippen LogP contribution is -2.60. The molecule has 1 aromatic rings. The number of aliphatic hydroxyl groups excluding tert-OH is 4. The highest BCUT2D eigenvalue weighted by Crippen LogP contribution is 2.35. The number of aliphatic hydroxyl groups is 4. The third kappa shape index (κ3) is 6.11. The van der Waals surface area contributed by atoms with E-state index in [0.717, 1.165) is 6.26 Å². The van der Waals surface area contributed by atoms with Crippen LogP contribution in [0.15, 0.2) is 55.1 Å². The van der Waals surface area contributed by atoms with E-state index in [-0.39, 0.29) is 12.1 Å². The molecule has 3 rings (SSSR count). The molecule has 1 saturated heterocycles. The van der Waals surface area contributed by atoms with Crippen molar-refractivity contribution in [1.82, 2.24) is 0 Å². The molecule has 1 fully saturated rings. The molecule has 0 aliphatic carbocycles. The van der Waals surface area contributed by atoms with Crippen LogP contribution in [0.5, 0.6) is 0 Å². The molecule has 8 atom stereocenters. The highest BCUT2D eigenvalue weighted by molar-refractivity contribution is 5.86. The van der Waals surface area contributed by atoms with E-state index in [4.69, 9.17) is 19.3 Å². The molecular weight excluding hydrogens is 466 g/mol. The Balaban J connectivity index is 1.84. The van der Waals surface area contributed by atoms with Crippen LogP contribution < -0.4 is 9.67 Å². The molecule has 2 aliphatic rings. The summed E-state index contributed by atoms with van der Waals surface area (Å²) in [6.45, 7) is 2.81. The number of hydrogen-bond donors (Lipinski definition) is 5. The van der Waals surface area contributed by atoms with E-state index < -0.39 is 67.4 Å². The van der Waals surface area contributed by atoms with E-state index in [2.05, 4.69) is 6.58 Å². The quantitative estimate of drug-likeness (QED) is 0.178. The maximum Gasteiger partial charge on any atom is 0.370 e. The second kappa shape index (κ2) is 11.5. The van der Waals surface area contributed by atoms with Gasteiger partial charge >= 0.3 is 5.97 Å². The van der Waals surface area contributed by atoms with Gasteiger partial charge in [-0.25, -0.2) is 4.79 Å². The first-order valence-corrected chi connectivity index (χ1v) is 10.7. The molecular formula is C23H27NO11. The number of carbonyl (C=O) groups excluding carboxylic acids is 1. The molecule has 0 bridgehead atoms. The molecule has 5 N–H and O–H groups in total. The lowest BCUT2D eigenvalue weighted by molar-refractivity contribution is -0.685. The molecule has 35 heavy (non-hydrogen) atoms. The largest absolute Gasteiger partial charge is 0.545 e. The number of rotatable bonds is 9. The van der Waals surface area contributed by atoms with Crippen LogP contribution in [0.25, 0.3) is 6.08 Å². The van der Waals surface area contributed by atoms with Gasteiger partial charge in [0, 0.05) is 29.0 Å². The van der Waals surface area contributed by atoms with E-state index in [9.17, 15) is 35.1 Å². The number of ether oxygens (including phenoxy) is 3. The van der Waals surface area contributed by atoms with Gasteiger partial charge in [-0.3, -0.25) is 0 Å². The topological polar surface area (TPSA) is 190 Å². The smallest absolute Gasteiger partial charge is 0.370 e. The average molecular weight is 493 g/mol. The standard InChI is InChI=1S/C23H27NO11/c1-2-13-14(6-5-12-4-3-7-24(8-12)9-17(26)27)15(21(31)32)11-33-22(13)35-23-20(30)19(29)18(28)16(10-25)34-23/h2-8,11,13-14,16,18-20,22-23,25,28-30H,1,9-10H2,(H-,26,27,31,32). The number of carbonyl (C=O) groups is 2. The van der Waals surface area contributed by atoms with E-state index in [1.807, 2.05) is 0 Å². The van der Waals surface area contributed by atoms with Gasteiger partial charge in [0.2, 0.25) is 12.8 Å². The molecule has 0 saturated carbocycles. The molecule has 12 nitrogen and oxygen atoms in total. The van der Waals surface area contributed by atoms with Crippen LogP contribution in [0.1, 0.15) is 5.56 Å². The number of pyridine rings is 1. The normalized spacial score (nSPS) is 33.1. The molecule has 12 heteroatoms. The molecule has 0 spiro atoms. The van der Waals surface area contributed by atoms with Gasteiger partial charge in [0.15, 0.2) is 18.7 Å². The summed E-state index contributed by atoms with van der Waals surface area (Å²) in [5.74, 6) is -4.21. The summed E-state index contributed by atoms with van der Waals surface area (Å²) >= 11 is 0. The molecule has 3 heterocycles. The van der Waals surface area contributed by atoms with Crippen LogP contribution in [0, 0.1) is 11.8 Å². The number of nitrogens with zero attached hydrogens (tertiary/aromatic N) is 1. The minimum absolute atomic E-state index is 0.214. The summed E-state index contributed by atoms with van der Waals surface area (Å²) in [7, 11) is 0. The summed E-state index contributed by atoms with van der Waals surface area (Å²) in [6, 6.07) is 3.33. The van der Waals surface area contributed by atoms with Crippen LogP contribution in [0.3, 0.4) is 0 Å². The first kappa shape index (κ1) is 26.5. The Morgan fingerprint density at radius 1 is 1.20 bits per heavy atom. The second-order valence-corrected chi connectivity index (χ2v) is 8.10. The summed E-state index contributed by atoms with van der Waals surface area (Å²) < 4.78 is 17.9. The second-order valence-electron chi connectivity index (χ2n) is 8.10. The lowest BCUT2D eigenvalue weighted by Gasteiger charge is -2.43.